The summed E-state index contributed by atoms with van der Waals surface area (Å²) in [5, 5.41) is 11.4. The van der Waals surface area contributed by atoms with Crippen LogP contribution in [-0.2, 0) is 14.3 Å². The normalized spacial score (nSPS) is 25.4. The molecule has 0 spiro atoms. The van der Waals surface area contributed by atoms with Crippen molar-refractivity contribution < 1.29 is 29.0 Å². The molecule has 0 saturated carbocycles. The van der Waals surface area contributed by atoms with Crippen molar-refractivity contribution in [3.05, 3.63) is 46.7 Å². The van der Waals surface area contributed by atoms with E-state index in [1.807, 2.05) is 0 Å². The summed E-state index contributed by atoms with van der Waals surface area (Å²) in [5.41, 5.74) is -0.687. The van der Waals surface area contributed by atoms with Crippen LogP contribution >= 0.6 is 0 Å². The fourth-order valence-corrected chi connectivity index (χ4v) is 4.06. The van der Waals surface area contributed by atoms with E-state index in [1.54, 1.807) is 38.2 Å². The van der Waals surface area contributed by atoms with Gasteiger partial charge in [-0.3, -0.25) is 14.4 Å². The maximum atomic E-state index is 13.1. The zero-order valence-corrected chi connectivity index (χ0v) is 15.8. The zero-order valence-electron chi connectivity index (χ0n) is 15.8. The molecule has 0 radical (unpaired) electrons. The van der Waals surface area contributed by atoms with Crippen molar-refractivity contribution in [1.82, 2.24) is 4.90 Å². The standard InChI is InChI=1S/C20H23NO6/c1-11(9-14(22)26-3)10-20(25)19(27-4)15-16(21(20)2)18(24)13-8-6-5-7-12(13)17(15)23/h5-8,11,19,25H,9-10H2,1-4H3. The van der Waals surface area contributed by atoms with Crippen molar-refractivity contribution in [2.24, 2.45) is 5.92 Å². The lowest BCUT2D eigenvalue weighted by Crippen LogP contribution is -2.52. The van der Waals surface area contributed by atoms with Gasteiger partial charge in [-0.25, -0.2) is 0 Å². The minimum absolute atomic E-state index is 0.107. The van der Waals surface area contributed by atoms with Gasteiger partial charge in [0.05, 0.1) is 18.4 Å². The van der Waals surface area contributed by atoms with Crippen LogP contribution in [0.25, 0.3) is 0 Å². The Morgan fingerprint density at radius 1 is 1.22 bits per heavy atom. The first-order chi connectivity index (χ1) is 12.8. The molecule has 2 aliphatic rings. The van der Waals surface area contributed by atoms with E-state index in [0.29, 0.717) is 11.1 Å². The number of hydrogen-bond donors (Lipinski definition) is 1. The predicted octanol–water partition coefficient (Wildman–Crippen LogP) is 1.56. The molecule has 1 N–H and O–H groups in total. The zero-order chi connectivity index (χ0) is 19.9. The van der Waals surface area contributed by atoms with Crippen LogP contribution in [0.4, 0.5) is 0 Å². The highest BCUT2D eigenvalue weighted by molar-refractivity contribution is 6.27. The number of hydrogen-bond acceptors (Lipinski definition) is 7. The van der Waals surface area contributed by atoms with E-state index in [9.17, 15) is 19.5 Å². The number of Topliss-reactive ketones (excluding diaryl/α,β-unsaturated/α-hetero) is 2. The second kappa shape index (κ2) is 6.90. The van der Waals surface area contributed by atoms with Crippen molar-refractivity contribution in [2.75, 3.05) is 21.3 Å². The van der Waals surface area contributed by atoms with Gasteiger partial charge in [0, 0.05) is 38.1 Å². The van der Waals surface area contributed by atoms with Crippen molar-refractivity contribution in [3.63, 3.8) is 0 Å². The smallest absolute Gasteiger partial charge is 0.305 e. The Labute approximate surface area is 157 Å². The first-order valence-electron chi connectivity index (χ1n) is 8.74. The molecule has 3 atom stereocenters. The second-order valence-corrected chi connectivity index (χ2v) is 7.11. The largest absolute Gasteiger partial charge is 0.469 e. The molecule has 1 aromatic carbocycles. The quantitative estimate of drug-likeness (QED) is 0.783. The third-order valence-electron chi connectivity index (χ3n) is 5.36. The average Bonchev–Trinajstić information content (AvgIpc) is 2.86. The Hall–Kier alpha value is -2.51. The van der Waals surface area contributed by atoms with Gasteiger partial charge < -0.3 is 19.5 Å². The first-order valence-corrected chi connectivity index (χ1v) is 8.74. The number of fused-ring (bicyclic) bond motifs is 1. The molecule has 0 saturated heterocycles. The molecule has 0 fully saturated rings. The Bertz CT molecular complexity index is 845. The SMILES string of the molecule is COC(=O)CC(C)CC1(O)C(OC)C2=C(C(=O)c3ccccc3C2=O)N1C. The van der Waals surface area contributed by atoms with Gasteiger partial charge in [0.1, 0.15) is 6.10 Å². The lowest BCUT2D eigenvalue weighted by molar-refractivity contribution is -0.154. The number of esters is 1. The molecule has 7 heteroatoms. The van der Waals surface area contributed by atoms with Gasteiger partial charge in [0.15, 0.2) is 11.5 Å². The summed E-state index contributed by atoms with van der Waals surface area (Å²) in [5.74, 6) is -1.29. The van der Waals surface area contributed by atoms with Crippen LogP contribution in [0.5, 0.6) is 0 Å². The number of ether oxygens (including phenoxy) is 2. The molecule has 0 bridgehead atoms. The van der Waals surface area contributed by atoms with E-state index >= 15 is 0 Å². The molecule has 1 aliphatic heterocycles. The molecule has 144 valence electrons. The van der Waals surface area contributed by atoms with Gasteiger partial charge in [0.2, 0.25) is 5.78 Å². The molecule has 1 aromatic rings. The molecule has 1 aliphatic carbocycles. The molecule has 7 nitrogen and oxygen atoms in total. The third kappa shape index (κ3) is 2.87. The maximum Gasteiger partial charge on any atom is 0.305 e. The molecule has 27 heavy (non-hydrogen) atoms. The number of likely N-dealkylation sites (N-methyl/N-ethyl adjacent to an activating group) is 1. The third-order valence-corrected chi connectivity index (χ3v) is 5.36. The fourth-order valence-electron chi connectivity index (χ4n) is 4.06. The number of ketones is 2. The van der Waals surface area contributed by atoms with Crippen LogP contribution in [0.2, 0.25) is 0 Å². The summed E-state index contributed by atoms with van der Waals surface area (Å²) >= 11 is 0. The summed E-state index contributed by atoms with van der Waals surface area (Å²) in [6.45, 7) is 1.80. The number of aliphatic hydroxyl groups is 1. The lowest BCUT2D eigenvalue weighted by Gasteiger charge is -2.38. The number of carbonyl (C=O) groups excluding carboxylic acids is 3. The Morgan fingerprint density at radius 2 is 1.81 bits per heavy atom. The first kappa shape index (κ1) is 19.3. The average molecular weight is 373 g/mol. The van der Waals surface area contributed by atoms with Crippen LogP contribution in [0.15, 0.2) is 35.5 Å². The number of rotatable bonds is 5. The summed E-state index contributed by atoms with van der Waals surface area (Å²) < 4.78 is 10.2. The maximum absolute atomic E-state index is 13.1. The topological polar surface area (TPSA) is 93.1 Å². The molecule has 1 heterocycles. The van der Waals surface area contributed by atoms with Crippen molar-refractivity contribution >= 4 is 17.5 Å². The monoisotopic (exact) mass is 373 g/mol. The van der Waals surface area contributed by atoms with Crippen LogP contribution in [0.1, 0.15) is 40.5 Å². The van der Waals surface area contributed by atoms with Crippen LogP contribution < -0.4 is 0 Å². The fraction of sp³-hybridized carbons (Fsp3) is 0.450. The number of allylic oxidation sites excluding steroid dienone is 1. The van der Waals surface area contributed by atoms with Crippen LogP contribution in [-0.4, -0.2) is 60.6 Å². The minimum Gasteiger partial charge on any atom is -0.469 e. The summed E-state index contributed by atoms with van der Waals surface area (Å²) in [7, 11) is 4.26. The lowest BCUT2D eigenvalue weighted by atomic mass is 9.84. The Kier molecular flexibility index (Phi) is 4.92. The highest BCUT2D eigenvalue weighted by Crippen LogP contribution is 2.45. The van der Waals surface area contributed by atoms with E-state index < -0.39 is 17.8 Å². The molecular formula is C20H23NO6. The van der Waals surface area contributed by atoms with E-state index in [4.69, 9.17) is 4.74 Å². The van der Waals surface area contributed by atoms with E-state index in [-0.39, 0.29) is 41.6 Å². The summed E-state index contributed by atoms with van der Waals surface area (Å²) in [6, 6.07) is 6.60. The van der Waals surface area contributed by atoms with E-state index in [2.05, 4.69) is 4.74 Å². The van der Waals surface area contributed by atoms with Crippen molar-refractivity contribution in [2.45, 2.75) is 31.6 Å². The van der Waals surface area contributed by atoms with Crippen LogP contribution in [0, 0.1) is 5.92 Å². The Balaban J connectivity index is 2.00. The van der Waals surface area contributed by atoms with Crippen molar-refractivity contribution in [3.8, 4) is 0 Å². The van der Waals surface area contributed by atoms with Crippen LogP contribution in [0.3, 0.4) is 0 Å². The summed E-state index contributed by atoms with van der Waals surface area (Å²) in [4.78, 5) is 39.1. The minimum atomic E-state index is -1.62. The number of benzene rings is 1. The molecular weight excluding hydrogens is 350 g/mol. The second-order valence-electron chi connectivity index (χ2n) is 7.11. The number of methoxy groups -OCH3 is 2. The molecule has 3 rings (SSSR count). The molecule has 0 amide bonds. The highest BCUT2D eigenvalue weighted by atomic mass is 16.5. The van der Waals surface area contributed by atoms with Gasteiger partial charge in [-0.2, -0.15) is 0 Å². The van der Waals surface area contributed by atoms with Gasteiger partial charge >= 0.3 is 5.97 Å². The van der Waals surface area contributed by atoms with E-state index in [0.717, 1.165) is 0 Å². The van der Waals surface area contributed by atoms with Gasteiger partial charge in [0.25, 0.3) is 0 Å². The van der Waals surface area contributed by atoms with Gasteiger partial charge in [-0.1, -0.05) is 31.2 Å². The van der Waals surface area contributed by atoms with Crippen molar-refractivity contribution in [1.29, 1.82) is 0 Å². The number of carbonyl (C=O) groups is 3. The predicted molar refractivity (Wildman–Crippen MR) is 96.1 cm³/mol. The number of nitrogens with zero attached hydrogens (tertiary/aromatic N) is 1. The summed E-state index contributed by atoms with van der Waals surface area (Å²) in [6.07, 6.45) is -0.765. The van der Waals surface area contributed by atoms with E-state index in [1.165, 1.54) is 19.1 Å². The highest BCUT2D eigenvalue weighted by Gasteiger charge is 2.56. The van der Waals surface area contributed by atoms with Gasteiger partial charge in [-0.15, -0.1) is 0 Å². The molecule has 0 aromatic heterocycles. The Morgan fingerprint density at radius 3 is 2.37 bits per heavy atom. The van der Waals surface area contributed by atoms with Gasteiger partial charge in [-0.05, 0) is 5.92 Å². The molecule has 3 unspecified atom stereocenters.